The van der Waals surface area contributed by atoms with Gasteiger partial charge in [-0.15, -0.1) is 0 Å². The molecule has 0 spiro atoms. The summed E-state index contributed by atoms with van der Waals surface area (Å²) in [5.41, 5.74) is 0.0237. The fraction of sp³-hybridized carbons (Fsp3) is 0.944. The lowest BCUT2D eigenvalue weighted by molar-refractivity contribution is -0.150. The molecule has 1 amide bonds. The zero-order chi connectivity index (χ0) is 14.9. The van der Waals surface area contributed by atoms with Crippen LogP contribution < -0.4 is 5.32 Å². The fourth-order valence-corrected chi connectivity index (χ4v) is 4.88. The minimum atomic E-state index is 0.0237. The van der Waals surface area contributed by atoms with E-state index in [2.05, 4.69) is 24.1 Å². The molecule has 3 aliphatic rings. The van der Waals surface area contributed by atoms with Crippen molar-refractivity contribution in [1.82, 2.24) is 10.2 Å². The summed E-state index contributed by atoms with van der Waals surface area (Å²) in [5.74, 6) is 2.85. The molecule has 0 bridgehead atoms. The Morgan fingerprint density at radius 3 is 2.38 bits per heavy atom. The third kappa shape index (κ3) is 3.13. The second kappa shape index (κ2) is 6.28. The van der Waals surface area contributed by atoms with E-state index >= 15 is 0 Å². The first-order valence-electron chi connectivity index (χ1n) is 9.11. The first-order valence-corrected chi connectivity index (χ1v) is 9.11. The Kier molecular flexibility index (Phi) is 4.58. The van der Waals surface area contributed by atoms with Gasteiger partial charge in [0.15, 0.2) is 0 Å². The highest BCUT2D eigenvalue weighted by Gasteiger charge is 2.46. The van der Waals surface area contributed by atoms with Crippen LogP contribution >= 0.6 is 0 Å². The van der Waals surface area contributed by atoms with E-state index in [1.54, 1.807) is 0 Å². The summed E-state index contributed by atoms with van der Waals surface area (Å²) < 4.78 is 0. The molecule has 2 aliphatic heterocycles. The molecule has 3 heteroatoms. The van der Waals surface area contributed by atoms with Crippen LogP contribution in [0.1, 0.15) is 58.8 Å². The van der Waals surface area contributed by atoms with Gasteiger partial charge in [0.05, 0.1) is 0 Å². The predicted octanol–water partition coefficient (Wildman–Crippen LogP) is 3.05. The van der Waals surface area contributed by atoms with E-state index in [9.17, 15) is 4.79 Å². The molecule has 0 radical (unpaired) electrons. The maximum Gasteiger partial charge on any atom is 0.228 e. The molecular formula is C18H32N2O. The van der Waals surface area contributed by atoms with E-state index in [-0.39, 0.29) is 5.41 Å². The van der Waals surface area contributed by atoms with Crippen LogP contribution in [0.25, 0.3) is 0 Å². The zero-order valence-corrected chi connectivity index (χ0v) is 13.9. The van der Waals surface area contributed by atoms with Crippen molar-refractivity contribution in [3.05, 3.63) is 0 Å². The second-order valence-electron chi connectivity index (χ2n) is 8.11. The van der Waals surface area contributed by atoms with Gasteiger partial charge >= 0.3 is 0 Å². The summed E-state index contributed by atoms with van der Waals surface area (Å²) in [5, 5.41) is 3.49. The van der Waals surface area contributed by atoms with Gasteiger partial charge in [-0.25, -0.2) is 0 Å². The summed E-state index contributed by atoms with van der Waals surface area (Å²) >= 11 is 0. The number of hydrogen-bond acceptors (Lipinski definition) is 2. The van der Waals surface area contributed by atoms with Gasteiger partial charge in [-0.05, 0) is 69.4 Å². The lowest BCUT2D eigenvalue weighted by Crippen LogP contribution is -2.51. The molecule has 2 saturated heterocycles. The summed E-state index contributed by atoms with van der Waals surface area (Å²) in [6, 6.07) is 0. The Morgan fingerprint density at radius 1 is 1.19 bits per heavy atom. The second-order valence-corrected chi connectivity index (χ2v) is 8.11. The van der Waals surface area contributed by atoms with Gasteiger partial charge in [0.25, 0.3) is 0 Å². The minimum absolute atomic E-state index is 0.0237. The molecule has 1 N–H and O–H groups in total. The van der Waals surface area contributed by atoms with E-state index in [1.807, 2.05) is 0 Å². The van der Waals surface area contributed by atoms with Crippen LogP contribution in [0.4, 0.5) is 0 Å². The first-order chi connectivity index (χ1) is 10.1. The van der Waals surface area contributed by atoms with Crippen molar-refractivity contribution in [1.29, 1.82) is 0 Å². The van der Waals surface area contributed by atoms with Gasteiger partial charge in [0.2, 0.25) is 5.91 Å². The van der Waals surface area contributed by atoms with Crippen LogP contribution in [0.5, 0.6) is 0 Å². The number of carbonyl (C=O) groups is 1. The Morgan fingerprint density at radius 2 is 1.90 bits per heavy atom. The van der Waals surface area contributed by atoms with Gasteiger partial charge in [-0.1, -0.05) is 20.3 Å². The molecule has 3 fully saturated rings. The summed E-state index contributed by atoms with van der Waals surface area (Å²) in [4.78, 5) is 15.2. The maximum atomic E-state index is 13.0. The molecule has 0 aromatic heterocycles. The molecule has 1 saturated carbocycles. The number of piperidine rings is 1. The normalized spacial score (nSPS) is 29.7. The highest BCUT2D eigenvalue weighted by molar-refractivity contribution is 5.83. The number of rotatable bonds is 4. The molecule has 21 heavy (non-hydrogen) atoms. The summed E-state index contributed by atoms with van der Waals surface area (Å²) in [6.07, 6.45) is 8.43. The number of nitrogens with one attached hydrogen (secondary N) is 1. The molecular weight excluding hydrogens is 260 g/mol. The zero-order valence-electron chi connectivity index (χ0n) is 13.9. The Labute approximate surface area is 129 Å². The van der Waals surface area contributed by atoms with Gasteiger partial charge in [0, 0.05) is 18.5 Å². The smallest absolute Gasteiger partial charge is 0.228 e. The highest BCUT2D eigenvalue weighted by Crippen LogP contribution is 2.48. The van der Waals surface area contributed by atoms with Gasteiger partial charge < -0.3 is 10.2 Å². The lowest BCUT2D eigenvalue weighted by atomic mass is 9.63. The van der Waals surface area contributed by atoms with Crippen LogP contribution in [0, 0.1) is 23.2 Å². The molecule has 1 aliphatic carbocycles. The number of hydrogen-bond donors (Lipinski definition) is 1. The lowest BCUT2D eigenvalue weighted by Gasteiger charge is -2.46. The Bertz CT molecular complexity index is 361. The molecule has 1 atom stereocenters. The van der Waals surface area contributed by atoms with Crippen molar-refractivity contribution in [2.24, 2.45) is 23.2 Å². The average molecular weight is 292 g/mol. The highest BCUT2D eigenvalue weighted by atomic mass is 16.2. The van der Waals surface area contributed by atoms with Crippen molar-refractivity contribution in [3.63, 3.8) is 0 Å². The van der Waals surface area contributed by atoms with Crippen LogP contribution in [0.2, 0.25) is 0 Å². The van der Waals surface area contributed by atoms with Crippen LogP contribution in [-0.4, -0.2) is 37.0 Å². The van der Waals surface area contributed by atoms with Gasteiger partial charge in [0.1, 0.15) is 0 Å². The molecule has 3 nitrogen and oxygen atoms in total. The predicted molar refractivity (Wildman–Crippen MR) is 86.0 cm³/mol. The molecule has 0 aromatic carbocycles. The van der Waals surface area contributed by atoms with Gasteiger partial charge in [-0.2, -0.15) is 0 Å². The van der Waals surface area contributed by atoms with E-state index < -0.39 is 0 Å². The maximum absolute atomic E-state index is 13.0. The van der Waals surface area contributed by atoms with Crippen molar-refractivity contribution < 1.29 is 4.79 Å². The van der Waals surface area contributed by atoms with E-state index in [1.165, 1.54) is 38.8 Å². The third-order valence-electron chi connectivity index (χ3n) is 6.16. The summed E-state index contributed by atoms with van der Waals surface area (Å²) in [7, 11) is 0. The Hall–Kier alpha value is -0.570. The van der Waals surface area contributed by atoms with Crippen molar-refractivity contribution >= 4 is 5.91 Å². The monoisotopic (exact) mass is 292 g/mol. The quantitative estimate of drug-likeness (QED) is 0.864. The van der Waals surface area contributed by atoms with E-state index in [4.69, 9.17) is 0 Å². The van der Waals surface area contributed by atoms with Gasteiger partial charge in [-0.3, -0.25) is 4.79 Å². The summed E-state index contributed by atoms with van der Waals surface area (Å²) in [6.45, 7) is 8.94. The first kappa shape index (κ1) is 15.3. The van der Waals surface area contributed by atoms with Crippen LogP contribution in [-0.2, 0) is 4.79 Å². The van der Waals surface area contributed by atoms with Crippen molar-refractivity contribution in [3.8, 4) is 0 Å². The minimum Gasteiger partial charge on any atom is -0.342 e. The average Bonchev–Trinajstić information content (AvgIpc) is 2.96. The van der Waals surface area contributed by atoms with Crippen molar-refractivity contribution in [2.75, 3.05) is 26.2 Å². The Balaban J connectivity index is 1.54. The topological polar surface area (TPSA) is 32.3 Å². The van der Waals surface area contributed by atoms with E-state index in [0.717, 1.165) is 44.2 Å². The molecule has 1 unspecified atom stereocenters. The number of likely N-dealkylation sites (tertiary alicyclic amines) is 1. The largest absolute Gasteiger partial charge is 0.342 e. The molecule has 2 heterocycles. The molecule has 120 valence electrons. The standard InChI is InChI=1S/C18H32N2O/c1-14(2)12-18(7-3-8-18)17(21)20-10-5-15(6-11-20)16-4-9-19-13-16/h14-16,19H,3-13H2,1-2H3. The number of amides is 1. The third-order valence-corrected chi connectivity index (χ3v) is 6.16. The number of carbonyl (C=O) groups excluding carboxylic acids is 1. The van der Waals surface area contributed by atoms with Crippen LogP contribution in [0.15, 0.2) is 0 Å². The SMILES string of the molecule is CC(C)CC1(C(=O)N2CCC(C3CCNC3)CC2)CCC1. The molecule has 0 aromatic rings. The number of nitrogens with zero attached hydrogens (tertiary/aromatic N) is 1. The van der Waals surface area contributed by atoms with Crippen LogP contribution in [0.3, 0.4) is 0 Å². The molecule has 3 rings (SSSR count). The van der Waals surface area contributed by atoms with Crippen molar-refractivity contribution in [2.45, 2.75) is 58.8 Å². The fourth-order valence-electron chi connectivity index (χ4n) is 4.88. The van der Waals surface area contributed by atoms with E-state index in [0.29, 0.717) is 11.8 Å².